The summed E-state index contributed by atoms with van der Waals surface area (Å²) in [5, 5.41) is 12.3. The fourth-order valence-corrected chi connectivity index (χ4v) is 3.11. The van der Waals surface area contributed by atoms with Crippen LogP contribution in [0.25, 0.3) is 0 Å². The Hall–Kier alpha value is -1.32. The molecule has 106 valence electrons. The topological polar surface area (TPSA) is 66.4 Å². The highest BCUT2D eigenvalue weighted by Gasteiger charge is 2.34. The maximum Gasteiger partial charge on any atom is 0.307 e. The third-order valence-electron chi connectivity index (χ3n) is 4.29. The lowest BCUT2D eigenvalue weighted by Crippen LogP contribution is -2.43. The number of carbonyl (C=O) groups is 2. The summed E-state index contributed by atoms with van der Waals surface area (Å²) in [6.07, 6.45) is 11.7. The van der Waals surface area contributed by atoms with E-state index in [0.717, 1.165) is 25.7 Å². The summed E-state index contributed by atoms with van der Waals surface area (Å²) in [6.45, 7) is 0. The third-order valence-corrected chi connectivity index (χ3v) is 4.29. The molecule has 2 aliphatic carbocycles. The largest absolute Gasteiger partial charge is 0.481 e. The third kappa shape index (κ3) is 3.82. The molecule has 4 heteroatoms. The minimum absolute atomic E-state index is 0.0661. The monoisotopic (exact) mass is 265 g/mol. The lowest BCUT2D eigenvalue weighted by molar-refractivity contribution is -0.147. The molecule has 1 fully saturated rings. The summed E-state index contributed by atoms with van der Waals surface area (Å²) in [4.78, 5) is 23.5. The van der Waals surface area contributed by atoms with Crippen molar-refractivity contribution in [3.8, 4) is 0 Å². The molecule has 2 atom stereocenters. The number of amides is 1. The van der Waals surface area contributed by atoms with Gasteiger partial charge in [0.2, 0.25) is 5.91 Å². The average molecular weight is 265 g/mol. The summed E-state index contributed by atoms with van der Waals surface area (Å²) in [5.41, 5.74) is 0. The van der Waals surface area contributed by atoms with Crippen molar-refractivity contribution >= 4 is 11.9 Å². The molecule has 2 rings (SSSR count). The summed E-state index contributed by atoms with van der Waals surface area (Å²) in [7, 11) is 0. The van der Waals surface area contributed by atoms with Crippen LogP contribution in [0.2, 0.25) is 0 Å². The molecule has 0 heterocycles. The Morgan fingerprint density at radius 3 is 2.11 bits per heavy atom. The Morgan fingerprint density at radius 2 is 1.53 bits per heavy atom. The van der Waals surface area contributed by atoms with Crippen molar-refractivity contribution in [3.63, 3.8) is 0 Å². The Morgan fingerprint density at radius 1 is 0.947 bits per heavy atom. The van der Waals surface area contributed by atoms with Gasteiger partial charge in [-0.3, -0.25) is 9.59 Å². The highest BCUT2D eigenvalue weighted by molar-refractivity contribution is 5.85. The molecule has 0 aromatic carbocycles. The molecule has 0 spiro atoms. The first kappa shape index (κ1) is 14.1. The second-order valence-electron chi connectivity index (χ2n) is 5.69. The molecule has 0 aromatic heterocycles. The molecule has 2 unspecified atom stereocenters. The number of hydrogen-bond donors (Lipinski definition) is 2. The zero-order valence-corrected chi connectivity index (χ0v) is 11.3. The quantitative estimate of drug-likeness (QED) is 0.608. The van der Waals surface area contributed by atoms with Gasteiger partial charge in [0.15, 0.2) is 0 Å². The van der Waals surface area contributed by atoms with Crippen LogP contribution in [0.3, 0.4) is 0 Å². The molecule has 0 radical (unpaired) electrons. The van der Waals surface area contributed by atoms with Crippen LogP contribution >= 0.6 is 0 Å². The van der Waals surface area contributed by atoms with Crippen molar-refractivity contribution in [2.75, 3.05) is 0 Å². The maximum absolute atomic E-state index is 12.3. The zero-order valence-electron chi connectivity index (χ0n) is 11.3. The predicted octanol–water partition coefficient (Wildman–Crippen LogP) is 2.49. The standard InChI is InChI=1S/C15H23NO3/c17-14(16-11-7-3-1-2-4-8-11)12-9-5-6-10-13(12)15(18)19/h5-6,11-13H,1-4,7-10H2,(H,16,17)(H,18,19). The first-order valence-corrected chi connectivity index (χ1v) is 7.36. The van der Waals surface area contributed by atoms with E-state index in [1.807, 2.05) is 12.2 Å². The highest BCUT2D eigenvalue weighted by Crippen LogP contribution is 2.27. The summed E-state index contributed by atoms with van der Waals surface area (Å²) in [6, 6.07) is 0.246. The molecule has 0 aromatic rings. The van der Waals surface area contributed by atoms with Gasteiger partial charge in [-0.15, -0.1) is 0 Å². The molecular formula is C15H23NO3. The molecule has 0 aliphatic heterocycles. The van der Waals surface area contributed by atoms with Gasteiger partial charge in [-0.25, -0.2) is 0 Å². The van der Waals surface area contributed by atoms with Crippen molar-refractivity contribution < 1.29 is 14.7 Å². The Bertz CT molecular complexity index is 356. The molecule has 0 bridgehead atoms. The lowest BCUT2D eigenvalue weighted by Gasteiger charge is -2.26. The molecule has 0 saturated heterocycles. The Balaban J connectivity index is 1.93. The second-order valence-corrected chi connectivity index (χ2v) is 5.69. The number of rotatable bonds is 3. The molecular weight excluding hydrogens is 242 g/mol. The Kier molecular flexibility index (Phi) is 5.00. The van der Waals surface area contributed by atoms with E-state index in [-0.39, 0.29) is 11.9 Å². The van der Waals surface area contributed by atoms with Crippen molar-refractivity contribution in [2.45, 2.75) is 57.4 Å². The van der Waals surface area contributed by atoms with Crippen LogP contribution in [0.4, 0.5) is 0 Å². The molecule has 2 aliphatic rings. The smallest absolute Gasteiger partial charge is 0.307 e. The van der Waals surface area contributed by atoms with Gasteiger partial charge < -0.3 is 10.4 Å². The van der Waals surface area contributed by atoms with Gasteiger partial charge in [-0.05, 0) is 25.7 Å². The fraction of sp³-hybridized carbons (Fsp3) is 0.733. The number of aliphatic carboxylic acids is 1. The minimum Gasteiger partial charge on any atom is -0.481 e. The van der Waals surface area contributed by atoms with Crippen molar-refractivity contribution in [2.24, 2.45) is 11.8 Å². The van der Waals surface area contributed by atoms with E-state index in [9.17, 15) is 14.7 Å². The number of allylic oxidation sites excluding steroid dienone is 2. The van der Waals surface area contributed by atoms with Crippen LogP contribution in [0.15, 0.2) is 12.2 Å². The van der Waals surface area contributed by atoms with E-state index in [1.165, 1.54) is 12.8 Å². The van der Waals surface area contributed by atoms with Gasteiger partial charge in [-0.2, -0.15) is 0 Å². The predicted molar refractivity (Wildman–Crippen MR) is 72.6 cm³/mol. The molecule has 1 saturated carbocycles. The normalized spacial score (nSPS) is 28.6. The van der Waals surface area contributed by atoms with E-state index in [1.54, 1.807) is 0 Å². The van der Waals surface area contributed by atoms with E-state index < -0.39 is 17.8 Å². The van der Waals surface area contributed by atoms with E-state index in [4.69, 9.17) is 0 Å². The van der Waals surface area contributed by atoms with Gasteiger partial charge >= 0.3 is 5.97 Å². The van der Waals surface area contributed by atoms with Crippen molar-refractivity contribution in [3.05, 3.63) is 12.2 Å². The van der Waals surface area contributed by atoms with E-state index in [0.29, 0.717) is 12.8 Å². The number of carboxylic acid groups (broad SMARTS) is 1. The van der Waals surface area contributed by atoms with E-state index in [2.05, 4.69) is 5.32 Å². The first-order chi connectivity index (χ1) is 9.18. The van der Waals surface area contributed by atoms with Gasteiger partial charge in [0.25, 0.3) is 0 Å². The summed E-state index contributed by atoms with van der Waals surface area (Å²) < 4.78 is 0. The first-order valence-electron chi connectivity index (χ1n) is 7.36. The molecule has 1 amide bonds. The minimum atomic E-state index is -0.856. The molecule has 19 heavy (non-hydrogen) atoms. The fourth-order valence-electron chi connectivity index (χ4n) is 3.11. The van der Waals surface area contributed by atoms with Crippen LogP contribution in [0.1, 0.15) is 51.4 Å². The second kappa shape index (κ2) is 6.73. The summed E-state index contributed by atoms with van der Waals surface area (Å²) in [5.74, 6) is -1.88. The SMILES string of the molecule is O=C(O)C1CC=CCC1C(=O)NC1CCCCCC1. The molecule has 4 nitrogen and oxygen atoms in total. The van der Waals surface area contributed by atoms with Crippen LogP contribution in [-0.2, 0) is 9.59 Å². The van der Waals surface area contributed by atoms with E-state index >= 15 is 0 Å². The van der Waals surface area contributed by atoms with Gasteiger partial charge in [-0.1, -0.05) is 37.8 Å². The zero-order chi connectivity index (χ0) is 13.7. The van der Waals surface area contributed by atoms with Gasteiger partial charge in [0.05, 0.1) is 11.8 Å². The lowest BCUT2D eigenvalue weighted by atomic mass is 9.82. The van der Waals surface area contributed by atoms with Crippen LogP contribution in [-0.4, -0.2) is 23.0 Å². The molecule has 2 N–H and O–H groups in total. The maximum atomic E-state index is 12.3. The Labute approximate surface area is 114 Å². The number of carbonyl (C=O) groups excluding carboxylic acids is 1. The average Bonchev–Trinajstić information content (AvgIpc) is 2.67. The number of hydrogen-bond acceptors (Lipinski definition) is 2. The highest BCUT2D eigenvalue weighted by atomic mass is 16.4. The van der Waals surface area contributed by atoms with Gasteiger partial charge in [0.1, 0.15) is 0 Å². The summed E-state index contributed by atoms with van der Waals surface area (Å²) >= 11 is 0. The van der Waals surface area contributed by atoms with Crippen molar-refractivity contribution in [1.82, 2.24) is 5.32 Å². The van der Waals surface area contributed by atoms with Gasteiger partial charge in [0, 0.05) is 6.04 Å². The number of nitrogens with one attached hydrogen (secondary N) is 1. The van der Waals surface area contributed by atoms with Crippen LogP contribution < -0.4 is 5.32 Å². The number of carboxylic acids is 1. The van der Waals surface area contributed by atoms with Crippen LogP contribution in [0, 0.1) is 11.8 Å². The van der Waals surface area contributed by atoms with Crippen LogP contribution in [0.5, 0.6) is 0 Å². The van der Waals surface area contributed by atoms with Crippen molar-refractivity contribution in [1.29, 1.82) is 0 Å².